The molecule has 0 aliphatic heterocycles. The summed E-state index contributed by atoms with van der Waals surface area (Å²) in [6.07, 6.45) is 1.33. The monoisotopic (exact) mass is 299 g/mol. The van der Waals surface area contributed by atoms with Crippen LogP contribution in [0.25, 0.3) is 0 Å². The number of carbonyl (C=O) groups is 1. The molecule has 0 amide bonds. The van der Waals surface area contributed by atoms with Crippen LogP contribution in [0.5, 0.6) is 0 Å². The zero-order chi connectivity index (χ0) is 15.0. The quantitative estimate of drug-likeness (QED) is 0.605. The molecule has 0 aliphatic rings. The highest BCUT2D eigenvalue weighted by Crippen LogP contribution is 2.43. The molecule has 0 spiro atoms. The highest BCUT2D eigenvalue weighted by atomic mass is 31.2. The van der Waals surface area contributed by atoms with E-state index in [1.165, 1.54) is 0 Å². The first-order valence-corrected chi connectivity index (χ1v) is 8.75. The first kappa shape index (κ1) is 16.9. The maximum absolute atomic E-state index is 11.9. The van der Waals surface area contributed by atoms with Crippen molar-refractivity contribution in [3.8, 4) is 0 Å². The van der Waals surface area contributed by atoms with Crippen LogP contribution in [-0.4, -0.2) is 34.8 Å². The van der Waals surface area contributed by atoms with Crippen molar-refractivity contribution in [2.45, 2.75) is 19.3 Å². The molecule has 0 radical (unpaired) electrons. The van der Waals surface area contributed by atoms with Crippen molar-refractivity contribution in [3.63, 3.8) is 0 Å². The van der Waals surface area contributed by atoms with E-state index < -0.39 is 19.3 Å². The van der Waals surface area contributed by atoms with Crippen molar-refractivity contribution in [2.75, 3.05) is 18.9 Å². The second-order valence-corrected chi connectivity index (χ2v) is 7.46. The lowest BCUT2D eigenvalue weighted by molar-refractivity contribution is -0.141. The fourth-order valence-corrected chi connectivity index (χ4v) is 3.94. The number of rotatable bonds is 9. The van der Waals surface area contributed by atoms with E-state index in [1.807, 2.05) is 30.3 Å². The summed E-state index contributed by atoms with van der Waals surface area (Å²) < 4.78 is 11.9. The van der Waals surface area contributed by atoms with Gasteiger partial charge < -0.3 is 15.7 Å². The van der Waals surface area contributed by atoms with Crippen molar-refractivity contribution in [1.29, 1.82) is 0 Å². The van der Waals surface area contributed by atoms with E-state index in [0.29, 0.717) is 25.8 Å². The van der Waals surface area contributed by atoms with Crippen molar-refractivity contribution in [2.24, 2.45) is 11.7 Å². The van der Waals surface area contributed by atoms with Crippen LogP contribution in [0.3, 0.4) is 0 Å². The molecule has 0 aliphatic carbocycles. The summed E-state index contributed by atoms with van der Waals surface area (Å²) in [4.78, 5) is 21.0. The molecule has 20 heavy (non-hydrogen) atoms. The van der Waals surface area contributed by atoms with Crippen LogP contribution < -0.4 is 5.73 Å². The predicted octanol–water partition coefficient (Wildman–Crippen LogP) is 1.94. The molecule has 2 atom stereocenters. The standard InChI is InChI=1S/C14H22NO4P/c15-9-4-10-20(18,19)11-13(14(16)17)8-7-12-5-2-1-3-6-12/h1-3,5-6,13H,4,7-11,15H2,(H,16,17)(H,18,19). The SMILES string of the molecule is NCCCP(=O)(O)CC(CCc1ccccc1)C(=O)O. The van der Waals surface area contributed by atoms with Gasteiger partial charge in [0.15, 0.2) is 0 Å². The zero-order valence-corrected chi connectivity index (χ0v) is 12.3. The molecule has 1 aromatic carbocycles. The summed E-state index contributed by atoms with van der Waals surface area (Å²) in [5.74, 6) is -1.80. The van der Waals surface area contributed by atoms with Gasteiger partial charge in [-0.25, -0.2) is 0 Å². The molecule has 5 nitrogen and oxygen atoms in total. The average Bonchev–Trinajstić information content (AvgIpc) is 2.42. The summed E-state index contributed by atoms with van der Waals surface area (Å²) in [5, 5.41) is 9.18. The van der Waals surface area contributed by atoms with Crippen LogP contribution in [0, 0.1) is 5.92 Å². The third kappa shape index (κ3) is 6.33. The molecular formula is C14H22NO4P. The molecule has 0 saturated carbocycles. The van der Waals surface area contributed by atoms with Crippen LogP contribution in [0.2, 0.25) is 0 Å². The normalized spacial score (nSPS) is 15.5. The minimum absolute atomic E-state index is 0.0959. The van der Waals surface area contributed by atoms with Gasteiger partial charge in [-0.2, -0.15) is 0 Å². The van der Waals surface area contributed by atoms with E-state index in [0.717, 1.165) is 5.56 Å². The lowest BCUT2D eigenvalue weighted by Gasteiger charge is -2.17. The smallest absolute Gasteiger partial charge is 0.307 e. The third-order valence-corrected chi connectivity index (χ3v) is 5.22. The summed E-state index contributed by atoms with van der Waals surface area (Å²) >= 11 is 0. The predicted molar refractivity (Wildman–Crippen MR) is 79.1 cm³/mol. The fourth-order valence-electron chi connectivity index (χ4n) is 2.05. The molecule has 0 heterocycles. The summed E-state index contributed by atoms with van der Waals surface area (Å²) in [6, 6.07) is 9.53. The number of aryl methyl sites for hydroxylation is 1. The van der Waals surface area contributed by atoms with Crippen molar-refractivity contribution in [3.05, 3.63) is 35.9 Å². The number of carboxylic acids is 1. The molecule has 0 fully saturated rings. The first-order chi connectivity index (χ1) is 9.44. The van der Waals surface area contributed by atoms with Gasteiger partial charge in [-0.15, -0.1) is 0 Å². The molecule has 0 aromatic heterocycles. The van der Waals surface area contributed by atoms with E-state index in [-0.39, 0.29) is 12.3 Å². The van der Waals surface area contributed by atoms with E-state index in [1.54, 1.807) is 0 Å². The Balaban J connectivity index is 2.57. The molecule has 6 heteroatoms. The van der Waals surface area contributed by atoms with Gasteiger partial charge in [-0.1, -0.05) is 30.3 Å². The van der Waals surface area contributed by atoms with Crippen LogP contribution in [-0.2, 0) is 15.8 Å². The highest BCUT2D eigenvalue weighted by Gasteiger charge is 2.28. The Bertz CT molecular complexity index is 464. The van der Waals surface area contributed by atoms with Gasteiger partial charge >= 0.3 is 5.97 Å². The van der Waals surface area contributed by atoms with Gasteiger partial charge in [0.05, 0.1) is 5.92 Å². The van der Waals surface area contributed by atoms with Gasteiger partial charge in [0.1, 0.15) is 0 Å². The van der Waals surface area contributed by atoms with Crippen molar-refractivity contribution >= 4 is 13.3 Å². The van der Waals surface area contributed by atoms with Crippen LogP contribution in [0.4, 0.5) is 0 Å². The molecular weight excluding hydrogens is 277 g/mol. The van der Waals surface area contributed by atoms with Gasteiger partial charge in [-0.05, 0) is 31.4 Å². The summed E-state index contributed by atoms with van der Waals surface area (Å²) in [7, 11) is -3.40. The maximum atomic E-state index is 11.9. The Morgan fingerprint density at radius 1 is 1.30 bits per heavy atom. The maximum Gasteiger partial charge on any atom is 0.307 e. The Kier molecular flexibility index (Phi) is 6.93. The number of carboxylic acid groups (broad SMARTS) is 1. The van der Waals surface area contributed by atoms with E-state index in [2.05, 4.69) is 0 Å². The second-order valence-electron chi connectivity index (χ2n) is 4.95. The molecule has 112 valence electrons. The molecule has 2 unspecified atom stereocenters. The number of nitrogens with two attached hydrogens (primary N) is 1. The molecule has 0 bridgehead atoms. The number of aliphatic carboxylic acids is 1. The third-order valence-electron chi connectivity index (χ3n) is 3.19. The lowest BCUT2D eigenvalue weighted by Crippen LogP contribution is -2.20. The van der Waals surface area contributed by atoms with E-state index >= 15 is 0 Å². The average molecular weight is 299 g/mol. The fraction of sp³-hybridized carbons (Fsp3) is 0.500. The van der Waals surface area contributed by atoms with Crippen molar-refractivity contribution in [1.82, 2.24) is 0 Å². The number of benzene rings is 1. The lowest BCUT2D eigenvalue weighted by atomic mass is 10.0. The Morgan fingerprint density at radius 3 is 2.50 bits per heavy atom. The largest absolute Gasteiger partial charge is 0.481 e. The zero-order valence-electron chi connectivity index (χ0n) is 11.4. The highest BCUT2D eigenvalue weighted by molar-refractivity contribution is 7.58. The van der Waals surface area contributed by atoms with Crippen LogP contribution in [0.15, 0.2) is 30.3 Å². The van der Waals surface area contributed by atoms with Gasteiger partial charge in [0, 0.05) is 12.3 Å². The molecule has 4 N–H and O–H groups in total. The number of hydrogen-bond acceptors (Lipinski definition) is 3. The van der Waals surface area contributed by atoms with E-state index in [4.69, 9.17) is 5.73 Å². The van der Waals surface area contributed by atoms with Gasteiger partial charge in [0.2, 0.25) is 7.37 Å². The Morgan fingerprint density at radius 2 is 1.95 bits per heavy atom. The minimum atomic E-state index is -3.40. The van der Waals surface area contributed by atoms with Crippen LogP contribution >= 0.6 is 7.37 Å². The Hall–Kier alpha value is -1.16. The first-order valence-electron chi connectivity index (χ1n) is 6.72. The number of hydrogen-bond donors (Lipinski definition) is 3. The van der Waals surface area contributed by atoms with E-state index in [9.17, 15) is 19.4 Å². The molecule has 1 aromatic rings. The summed E-state index contributed by atoms with van der Waals surface area (Å²) in [6.45, 7) is 0.340. The summed E-state index contributed by atoms with van der Waals surface area (Å²) in [5.41, 5.74) is 6.35. The van der Waals surface area contributed by atoms with Gasteiger partial charge in [-0.3, -0.25) is 9.36 Å². The van der Waals surface area contributed by atoms with Crippen molar-refractivity contribution < 1.29 is 19.4 Å². The topological polar surface area (TPSA) is 101 Å². The Labute approximate surface area is 119 Å². The molecule has 0 saturated heterocycles. The second kappa shape index (κ2) is 8.20. The minimum Gasteiger partial charge on any atom is -0.481 e. The molecule has 1 rings (SSSR count). The van der Waals surface area contributed by atoms with Gasteiger partial charge in [0.25, 0.3) is 0 Å². The van der Waals surface area contributed by atoms with Crippen LogP contribution in [0.1, 0.15) is 18.4 Å².